The summed E-state index contributed by atoms with van der Waals surface area (Å²) in [7, 11) is 1.59. The van der Waals surface area contributed by atoms with E-state index < -0.39 is 0 Å². The fourth-order valence-corrected chi connectivity index (χ4v) is 3.04. The zero-order valence-corrected chi connectivity index (χ0v) is 16.4. The number of nitrogens with one attached hydrogen (secondary N) is 1. The lowest BCUT2D eigenvalue weighted by molar-refractivity contribution is 0.0976. The summed E-state index contributed by atoms with van der Waals surface area (Å²) in [5.41, 5.74) is 2.36. The first kappa shape index (κ1) is 19.1. The fraction of sp³-hybridized carbons (Fsp3) is 0.136. The quantitative estimate of drug-likeness (QED) is 0.468. The van der Waals surface area contributed by atoms with Crippen molar-refractivity contribution in [3.8, 4) is 5.75 Å². The van der Waals surface area contributed by atoms with E-state index in [1.165, 1.54) is 12.1 Å². The van der Waals surface area contributed by atoms with Gasteiger partial charge in [0.1, 0.15) is 11.6 Å². The molecule has 1 N–H and O–H groups in total. The van der Waals surface area contributed by atoms with Crippen molar-refractivity contribution < 1.29 is 13.9 Å². The summed E-state index contributed by atoms with van der Waals surface area (Å²) in [6, 6.07) is 20.8. The van der Waals surface area contributed by atoms with Crippen LogP contribution in [0.5, 0.6) is 5.75 Å². The molecule has 0 aliphatic rings. The Labute approximate surface area is 166 Å². The van der Waals surface area contributed by atoms with Gasteiger partial charge in [0.15, 0.2) is 5.78 Å². The molecule has 1 atom stereocenters. The number of carbonyl (C=O) groups is 1. The topological polar surface area (TPSA) is 38.3 Å². The van der Waals surface area contributed by atoms with Crippen LogP contribution >= 0.6 is 15.9 Å². The Morgan fingerprint density at radius 2 is 1.63 bits per heavy atom. The van der Waals surface area contributed by atoms with Gasteiger partial charge >= 0.3 is 0 Å². The maximum atomic E-state index is 13.2. The number of methoxy groups -OCH3 is 1. The average molecular weight is 428 g/mol. The second-order valence-corrected chi connectivity index (χ2v) is 7.03. The van der Waals surface area contributed by atoms with Crippen LogP contribution in [0.15, 0.2) is 77.3 Å². The fourth-order valence-electron chi connectivity index (χ4n) is 2.77. The van der Waals surface area contributed by atoms with Gasteiger partial charge in [-0.2, -0.15) is 0 Å². The molecule has 3 rings (SSSR count). The lowest BCUT2D eigenvalue weighted by Crippen LogP contribution is -2.16. The van der Waals surface area contributed by atoms with Crippen molar-refractivity contribution in [3.05, 3.63) is 94.2 Å². The highest BCUT2D eigenvalue weighted by Gasteiger charge is 2.17. The normalized spacial score (nSPS) is 11.7. The maximum Gasteiger partial charge on any atom is 0.165 e. The number of halogens is 2. The zero-order valence-electron chi connectivity index (χ0n) is 14.8. The number of ketones is 1. The Bertz CT molecular complexity index is 893. The Hall–Kier alpha value is -2.66. The molecule has 3 nitrogen and oxygen atoms in total. The Morgan fingerprint density at radius 3 is 2.22 bits per heavy atom. The molecule has 0 aliphatic heterocycles. The van der Waals surface area contributed by atoms with E-state index in [0.717, 1.165) is 15.7 Å². The molecule has 3 aromatic carbocycles. The van der Waals surface area contributed by atoms with Gasteiger partial charge in [0, 0.05) is 22.1 Å². The predicted molar refractivity (Wildman–Crippen MR) is 109 cm³/mol. The molecule has 0 aliphatic carbocycles. The number of hydrogen-bond donors (Lipinski definition) is 1. The van der Waals surface area contributed by atoms with Crippen LogP contribution in [0.3, 0.4) is 0 Å². The van der Waals surface area contributed by atoms with Crippen LogP contribution < -0.4 is 10.1 Å². The van der Waals surface area contributed by atoms with Crippen molar-refractivity contribution in [1.29, 1.82) is 0 Å². The van der Waals surface area contributed by atoms with E-state index in [-0.39, 0.29) is 24.1 Å². The van der Waals surface area contributed by atoms with Crippen molar-refractivity contribution in [2.45, 2.75) is 12.5 Å². The van der Waals surface area contributed by atoms with Crippen LogP contribution in [0.1, 0.15) is 28.4 Å². The van der Waals surface area contributed by atoms with Gasteiger partial charge in [0.2, 0.25) is 0 Å². The molecule has 0 fully saturated rings. The van der Waals surface area contributed by atoms with Crippen molar-refractivity contribution >= 4 is 27.4 Å². The van der Waals surface area contributed by atoms with Crippen molar-refractivity contribution in [1.82, 2.24) is 0 Å². The first-order chi connectivity index (χ1) is 13.0. The minimum Gasteiger partial charge on any atom is -0.497 e. The highest BCUT2D eigenvalue weighted by Crippen LogP contribution is 2.26. The molecule has 27 heavy (non-hydrogen) atoms. The molecule has 5 heteroatoms. The lowest BCUT2D eigenvalue weighted by Gasteiger charge is -2.20. The maximum absolute atomic E-state index is 13.2. The molecule has 0 bridgehead atoms. The van der Waals surface area contributed by atoms with Gasteiger partial charge in [-0.15, -0.1) is 0 Å². The third-order valence-corrected chi connectivity index (χ3v) is 4.79. The number of Topliss-reactive ketones (excluding diaryl/α,β-unsaturated/α-hetero) is 1. The molecular weight excluding hydrogens is 409 g/mol. The molecule has 0 saturated carbocycles. The third-order valence-electron chi connectivity index (χ3n) is 4.26. The van der Waals surface area contributed by atoms with E-state index in [1.54, 1.807) is 43.5 Å². The second kappa shape index (κ2) is 8.82. The van der Waals surface area contributed by atoms with Gasteiger partial charge in [0.05, 0.1) is 13.2 Å². The largest absolute Gasteiger partial charge is 0.497 e. The summed E-state index contributed by atoms with van der Waals surface area (Å²) in [5.74, 6) is 0.427. The van der Waals surface area contributed by atoms with Crippen LogP contribution in [-0.4, -0.2) is 12.9 Å². The van der Waals surface area contributed by atoms with Crippen LogP contribution in [0.2, 0.25) is 0 Å². The molecule has 0 spiro atoms. The Morgan fingerprint density at radius 1 is 1.00 bits per heavy atom. The van der Waals surface area contributed by atoms with E-state index in [2.05, 4.69) is 21.2 Å². The predicted octanol–water partition coefficient (Wildman–Crippen LogP) is 6.02. The third kappa shape index (κ3) is 5.17. The van der Waals surface area contributed by atoms with E-state index in [9.17, 15) is 9.18 Å². The summed E-state index contributed by atoms with van der Waals surface area (Å²) in [5, 5.41) is 3.34. The number of ether oxygens (including phenoxy) is 1. The molecule has 0 unspecified atom stereocenters. The molecule has 0 radical (unpaired) electrons. The number of benzene rings is 3. The van der Waals surface area contributed by atoms with Crippen molar-refractivity contribution in [3.63, 3.8) is 0 Å². The van der Waals surface area contributed by atoms with Gasteiger partial charge in [-0.25, -0.2) is 4.39 Å². The van der Waals surface area contributed by atoms with Gasteiger partial charge in [-0.1, -0.05) is 28.1 Å². The Balaban J connectivity index is 1.82. The van der Waals surface area contributed by atoms with Crippen LogP contribution in [-0.2, 0) is 0 Å². The lowest BCUT2D eigenvalue weighted by atomic mass is 9.97. The van der Waals surface area contributed by atoms with E-state index >= 15 is 0 Å². The zero-order chi connectivity index (χ0) is 19.2. The van der Waals surface area contributed by atoms with Crippen LogP contribution in [0, 0.1) is 5.82 Å². The molecule has 0 heterocycles. The summed E-state index contributed by atoms with van der Waals surface area (Å²) in [6.45, 7) is 0. The van der Waals surface area contributed by atoms with E-state index in [0.29, 0.717) is 11.3 Å². The van der Waals surface area contributed by atoms with Gasteiger partial charge in [0.25, 0.3) is 0 Å². The average Bonchev–Trinajstić information content (AvgIpc) is 2.70. The minimum absolute atomic E-state index is 0.0141. The molecule has 3 aromatic rings. The van der Waals surface area contributed by atoms with E-state index in [4.69, 9.17) is 4.74 Å². The van der Waals surface area contributed by atoms with Crippen molar-refractivity contribution in [2.24, 2.45) is 0 Å². The molecule has 138 valence electrons. The summed E-state index contributed by atoms with van der Waals surface area (Å²) >= 11 is 3.43. The first-order valence-electron chi connectivity index (χ1n) is 8.50. The number of rotatable bonds is 7. The van der Waals surface area contributed by atoms with Gasteiger partial charge in [-0.05, 0) is 66.2 Å². The minimum atomic E-state index is -0.296. The van der Waals surface area contributed by atoms with Gasteiger partial charge < -0.3 is 10.1 Å². The molecule has 0 amide bonds. The smallest absolute Gasteiger partial charge is 0.165 e. The second-order valence-electron chi connectivity index (χ2n) is 6.11. The van der Waals surface area contributed by atoms with Crippen molar-refractivity contribution in [2.75, 3.05) is 12.4 Å². The monoisotopic (exact) mass is 427 g/mol. The summed E-state index contributed by atoms with van der Waals surface area (Å²) in [4.78, 5) is 12.8. The Kier molecular flexibility index (Phi) is 6.24. The standard InChI is InChI=1S/C22H19BrFNO2/c1-27-20-12-4-16(5-13-20)22(26)14-21(15-2-6-17(23)7-3-15)25-19-10-8-18(24)9-11-19/h2-13,21,25H,14H2,1H3/t21-/m0/s1. The molecule has 0 saturated heterocycles. The highest BCUT2D eigenvalue weighted by atomic mass is 79.9. The molecular formula is C22H19BrFNO2. The summed E-state index contributed by atoms with van der Waals surface area (Å²) in [6.07, 6.45) is 0.269. The number of anilines is 1. The van der Waals surface area contributed by atoms with E-state index in [1.807, 2.05) is 24.3 Å². The first-order valence-corrected chi connectivity index (χ1v) is 9.29. The summed E-state index contributed by atoms with van der Waals surface area (Å²) < 4.78 is 19.3. The van der Waals surface area contributed by atoms with Gasteiger partial charge in [-0.3, -0.25) is 4.79 Å². The highest BCUT2D eigenvalue weighted by molar-refractivity contribution is 9.10. The molecule has 0 aromatic heterocycles. The van der Waals surface area contributed by atoms with Crippen LogP contribution in [0.25, 0.3) is 0 Å². The number of carbonyl (C=O) groups excluding carboxylic acids is 1. The van der Waals surface area contributed by atoms with Crippen LogP contribution in [0.4, 0.5) is 10.1 Å². The number of hydrogen-bond acceptors (Lipinski definition) is 3. The SMILES string of the molecule is COc1ccc(C(=O)C[C@H](Nc2ccc(F)cc2)c2ccc(Br)cc2)cc1.